The fourth-order valence-corrected chi connectivity index (χ4v) is 4.44. The molecule has 6 heteroatoms. The Morgan fingerprint density at radius 1 is 0.967 bits per heavy atom. The topological polar surface area (TPSA) is 69.7 Å². The Hall–Kier alpha value is -2.37. The van der Waals surface area contributed by atoms with Crippen molar-refractivity contribution in [1.29, 1.82) is 0 Å². The van der Waals surface area contributed by atoms with E-state index in [0.29, 0.717) is 31.5 Å². The van der Waals surface area contributed by atoms with Crippen LogP contribution >= 0.6 is 0 Å². The molecule has 3 rings (SSSR count). The molecule has 1 N–H and O–H groups in total. The Balaban J connectivity index is 1.57. The van der Waals surface area contributed by atoms with Gasteiger partial charge in [0.15, 0.2) is 0 Å². The third-order valence-electron chi connectivity index (χ3n) is 6.32. The van der Waals surface area contributed by atoms with Gasteiger partial charge in [-0.2, -0.15) is 0 Å². The molecule has 1 atom stereocenters. The van der Waals surface area contributed by atoms with E-state index in [9.17, 15) is 14.4 Å². The van der Waals surface area contributed by atoms with Gasteiger partial charge in [0.25, 0.3) is 5.91 Å². The molecule has 30 heavy (non-hydrogen) atoms. The highest BCUT2D eigenvalue weighted by Crippen LogP contribution is 2.23. The highest BCUT2D eigenvalue weighted by Gasteiger charge is 2.34. The van der Waals surface area contributed by atoms with Crippen LogP contribution in [-0.4, -0.2) is 59.7 Å². The molecule has 6 nitrogen and oxygen atoms in total. The lowest BCUT2D eigenvalue weighted by Gasteiger charge is -2.37. The van der Waals surface area contributed by atoms with Gasteiger partial charge in [-0.15, -0.1) is 0 Å². The first kappa shape index (κ1) is 22.3. The first-order valence-corrected chi connectivity index (χ1v) is 11.3. The van der Waals surface area contributed by atoms with Crippen molar-refractivity contribution in [3.8, 4) is 0 Å². The molecule has 2 aliphatic heterocycles. The fourth-order valence-electron chi connectivity index (χ4n) is 4.44. The van der Waals surface area contributed by atoms with E-state index in [-0.39, 0.29) is 29.6 Å². The third-order valence-corrected chi connectivity index (χ3v) is 6.32. The highest BCUT2D eigenvalue weighted by molar-refractivity contribution is 5.97. The zero-order chi connectivity index (χ0) is 21.7. The Bertz CT molecular complexity index is 763. The molecule has 1 aromatic carbocycles. The predicted molar refractivity (Wildman–Crippen MR) is 117 cm³/mol. The second-order valence-corrected chi connectivity index (χ2v) is 9.05. The predicted octanol–water partition coefficient (Wildman–Crippen LogP) is 3.00. The normalized spacial score (nSPS) is 18.9. The molecule has 0 bridgehead atoms. The van der Waals surface area contributed by atoms with Crippen molar-refractivity contribution in [1.82, 2.24) is 15.1 Å². The summed E-state index contributed by atoms with van der Waals surface area (Å²) >= 11 is 0. The van der Waals surface area contributed by atoms with Gasteiger partial charge in [-0.25, -0.2) is 0 Å². The first-order valence-electron chi connectivity index (χ1n) is 11.3. The average molecular weight is 414 g/mol. The number of aryl methyl sites for hydroxylation is 1. The summed E-state index contributed by atoms with van der Waals surface area (Å²) in [4.78, 5) is 42.4. The summed E-state index contributed by atoms with van der Waals surface area (Å²) in [5, 5.41) is 2.94. The van der Waals surface area contributed by atoms with Crippen molar-refractivity contribution in [2.75, 3.05) is 26.2 Å². The molecule has 2 aliphatic rings. The number of rotatable bonds is 5. The van der Waals surface area contributed by atoms with E-state index in [0.717, 1.165) is 31.5 Å². The highest BCUT2D eigenvalue weighted by atomic mass is 16.2. The quantitative estimate of drug-likeness (QED) is 0.807. The van der Waals surface area contributed by atoms with Gasteiger partial charge in [0.05, 0.1) is 0 Å². The minimum absolute atomic E-state index is 0.0148. The van der Waals surface area contributed by atoms with Crippen LogP contribution in [0.1, 0.15) is 61.9 Å². The lowest BCUT2D eigenvalue weighted by Crippen LogP contribution is -2.54. The molecule has 1 aromatic rings. The van der Waals surface area contributed by atoms with Crippen molar-refractivity contribution >= 4 is 17.7 Å². The lowest BCUT2D eigenvalue weighted by molar-refractivity contribution is -0.142. The maximum atomic E-state index is 13.2. The molecule has 0 aromatic heterocycles. The molecule has 0 spiro atoms. The van der Waals surface area contributed by atoms with Crippen LogP contribution < -0.4 is 5.32 Å². The van der Waals surface area contributed by atoms with Crippen LogP contribution in [0.4, 0.5) is 0 Å². The Labute approximate surface area is 180 Å². The summed E-state index contributed by atoms with van der Waals surface area (Å²) in [7, 11) is 0. The molecule has 2 heterocycles. The molecule has 3 amide bonds. The maximum absolute atomic E-state index is 13.2. The monoisotopic (exact) mass is 413 g/mol. The standard InChI is InChI=1S/C24H35N3O3/c1-17(2)21(25-22(28)20-9-7-8-18(3)16-20)24(30)27-14-10-19(11-15-27)23(29)26-12-5-4-6-13-26/h7-9,16-17,19,21H,4-6,10-15H2,1-3H3,(H,25,28). The number of hydrogen-bond donors (Lipinski definition) is 1. The zero-order valence-corrected chi connectivity index (χ0v) is 18.5. The summed E-state index contributed by atoms with van der Waals surface area (Å²) in [6.45, 7) is 8.74. The van der Waals surface area contributed by atoms with Crippen LogP contribution in [0.3, 0.4) is 0 Å². The van der Waals surface area contributed by atoms with Gasteiger partial charge in [-0.3, -0.25) is 14.4 Å². The molecule has 1 unspecified atom stereocenters. The van der Waals surface area contributed by atoms with Gasteiger partial charge in [0.2, 0.25) is 11.8 Å². The second kappa shape index (κ2) is 10.1. The molecular weight excluding hydrogens is 378 g/mol. The number of amides is 3. The molecule has 0 aliphatic carbocycles. The van der Waals surface area contributed by atoms with E-state index in [1.165, 1.54) is 6.42 Å². The van der Waals surface area contributed by atoms with Gasteiger partial charge in [0, 0.05) is 37.7 Å². The van der Waals surface area contributed by atoms with Crippen LogP contribution in [-0.2, 0) is 9.59 Å². The number of hydrogen-bond acceptors (Lipinski definition) is 3. The van der Waals surface area contributed by atoms with E-state index in [2.05, 4.69) is 5.32 Å². The Morgan fingerprint density at radius 3 is 2.23 bits per heavy atom. The number of nitrogens with zero attached hydrogens (tertiary/aromatic N) is 2. The summed E-state index contributed by atoms with van der Waals surface area (Å²) in [5.41, 5.74) is 1.58. The third kappa shape index (κ3) is 5.41. The van der Waals surface area contributed by atoms with Gasteiger partial charge in [-0.1, -0.05) is 31.5 Å². The fraction of sp³-hybridized carbons (Fsp3) is 0.625. The van der Waals surface area contributed by atoms with Crippen LogP contribution in [0.2, 0.25) is 0 Å². The minimum atomic E-state index is -0.563. The zero-order valence-electron chi connectivity index (χ0n) is 18.5. The minimum Gasteiger partial charge on any atom is -0.342 e. The van der Waals surface area contributed by atoms with Gasteiger partial charge >= 0.3 is 0 Å². The molecule has 164 valence electrons. The molecule has 2 saturated heterocycles. The van der Waals surface area contributed by atoms with Crippen molar-refractivity contribution in [3.05, 3.63) is 35.4 Å². The van der Waals surface area contributed by atoms with E-state index in [1.54, 1.807) is 6.07 Å². The Morgan fingerprint density at radius 2 is 1.63 bits per heavy atom. The molecule has 2 fully saturated rings. The first-order chi connectivity index (χ1) is 14.4. The summed E-state index contributed by atoms with van der Waals surface area (Å²) in [5.74, 6) is -0.00348. The van der Waals surface area contributed by atoms with E-state index in [1.807, 2.05) is 48.8 Å². The van der Waals surface area contributed by atoms with Crippen LogP contribution in [0.15, 0.2) is 24.3 Å². The molecular formula is C24H35N3O3. The van der Waals surface area contributed by atoms with E-state index >= 15 is 0 Å². The van der Waals surface area contributed by atoms with Gasteiger partial charge in [0.1, 0.15) is 6.04 Å². The number of carbonyl (C=O) groups excluding carboxylic acids is 3. The smallest absolute Gasteiger partial charge is 0.251 e. The maximum Gasteiger partial charge on any atom is 0.251 e. The number of piperidine rings is 2. The number of benzene rings is 1. The van der Waals surface area contributed by atoms with Crippen molar-refractivity contribution in [2.45, 2.75) is 58.9 Å². The Kier molecular flexibility index (Phi) is 7.51. The summed E-state index contributed by atoms with van der Waals surface area (Å²) in [6, 6.07) is 6.82. The number of carbonyl (C=O) groups is 3. The van der Waals surface area contributed by atoms with Gasteiger partial charge in [-0.05, 0) is 57.1 Å². The molecule has 0 saturated carbocycles. The number of nitrogens with one attached hydrogen (secondary N) is 1. The number of likely N-dealkylation sites (tertiary alicyclic amines) is 2. The SMILES string of the molecule is Cc1cccc(C(=O)NC(C(=O)N2CCC(C(=O)N3CCCCC3)CC2)C(C)C)c1. The van der Waals surface area contributed by atoms with Crippen molar-refractivity contribution in [2.24, 2.45) is 11.8 Å². The van der Waals surface area contributed by atoms with Crippen molar-refractivity contribution < 1.29 is 14.4 Å². The van der Waals surface area contributed by atoms with Crippen LogP contribution in [0.5, 0.6) is 0 Å². The van der Waals surface area contributed by atoms with Gasteiger partial charge < -0.3 is 15.1 Å². The largest absolute Gasteiger partial charge is 0.342 e. The van der Waals surface area contributed by atoms with E-state index in [4.69, 9.17) is 0 Å². The second-order valence-electron chi connectivity index (χ2n) is 9.05. The van der Waals surface area contributed by atoms with E-state index < -0.39 is 6.04 Å². The van der Waals surface area contributed by atoms with Crippen LogP contribution in [0, 0.1) is 18.8 Å². The summed E-state index contributed by atoms with van der Waals surface area (Å²) < 4.78 is 0. The van der Waals surface area contributed by atoms with Crippen molar-refractivity contribution in [3.63, 3.8) is 0 Å². The van der Waals surface area contributed by atoms with Crippen LogP contribution in [0.25, 0.3) is 0 Å². The average Bonchev–Trinajstić information content (AvgIpc) is 2.77. The lowest BCUT2D eigenvalue weighted by atomic mass is 9.93. The molecule has 0 radical (unpaired) electrons. The summed E-state index contributed by atoms with van der Waals surface area (Å²) in [6.07, 6.45) is 4.82.